The third-order valence-corrected chi connectivity index (χ3v) is 8.16. The van der Waals surface area contributed by atoms with Crippen LogP contribution in [0.1, 0.15) is 19.2 Å². The van der Waals surface area contributed by atoms with Crippen LogP contribution in [0.25, 0.3) is 88.7 Å². The van der Waals surface area contributed by atoms with Gasteiger partial charge in [0, 0.05) is 16.7 Å². The van der Waals surface area contributed by atoms with Crippen LogP contribution in [0, 0.1) is 0 Å². The van der Waals surface area contributed by atoms with Crippen molar-refractivity contribution in [3.05, 3.63) is 176 Å². The summed E-state index contributed by atoms with van der Waals surface area (Å²) in [7, 11) is 0. The lowest BCUT2D eigenvalue weighted by atomic mass is 9.89. The number of aromatic nitrogens is 3. The van der Waals surface area contributed by atoms with Gasteiger partial charge in [0.15, 0.2) is 17.5 Å². The predicted molar refractivity (Wildman–Crippen MR) is 200 cm³/mol. The molecule has 0 amide bonds. The Labute approximate surface area is 298 Å². The highest BCUT2D eigenvalue weighted by Gasteiger charge is 2.15. The fourth-order valence-electron chi connectivity index (χ4n) is 5.93. The monoisotopic (exact) mass is 625 g/mol. The van der Waals surface area contributed by atoms with Crippen molar-refractivity contribution in [1.29, 1.82) is 0 Å². The maximum Gasteiger partial charge on any atom is 0.164 e. The van der Waals surface area contributed by atoms with E-state index in [1.54, 1.807) is 12.1 Å². The third-order valence-electron chi connectivity index (χ3n) is 8.16. The van der Waals surface area contributed by atoms with Crippen molar-refractivity contribution in [3.63, 3.8) is 0 Å². The van der Waals surface area contributed by atoms with Gasteiger partial charge in [-0.25, -0.2) is 15.0 Å². The van der Waals surface area contributed by atoms with Crippen LogP contribution in [0.4, 0.5) is 0 Å². The van der Waals surface area contributed by atoms with E-state index in [2.05, 4.69) is 57.4 Å². The van der Waals surface area contributed by atoms with E-state index in [1.807, 2.05) is 36.4 Å². The van der Waals surface area contributed by atoms with Gasteiger partial charge >= 0.3 is 0 Å². The van der Waals surface area contributed by atoms with Crippen molar-refractivity contribution in [2.24, 2.45) is 0 Å². The Morgan fingerprint density at radius 3 is 1.52 bits per heavy atom. The molecule has 0 aliphatic heterocycles. The Kier molecular flexibility index (Phi) is 4.13. The van der Waals surface area contributed by atoms with Gasteiger partial charge in [-0.2, -0.15) is 0 Å². The highest BCUT2D eigenvalue weighted by molar-refractivity contribution is 6.20. The van der Waals surface area contributed by atoms with Crippen LogP contribution < -0.4 is 0 Å². The Hall–Kier alpha value is -6.45. The zero-order valence-electron chi connectivity index (χ0n) is 39.0. The first-order chi connectivity index (χ1) is 29.6. The first-order valence-electron chi connectivity index (χ1n) is 22.1. The molecule has 3 heteroatoms. The minimum Gasteiger partial charge on any atom is -0.208 e. The average molecular weight is 626 g/mol. The molecule has 0 radical (unpaired) electrons. The topological polar surface area (TPSA) is 38.7 Å². The zero-order chi connectivity index (χ0) is 44.0. The lowest BCUT2D eigenvalue weighted by molar-refractivity contribution is 1.07. The van der Waals surface area contributed by atoms with E-state index in [1.165, 1.54) is 0 Å². The Balaban J connectivity index is 1.27. The standard InChI is InChI=1S/C45H29N3/c1-3-11-30(12-4-1)31-19-23-35(24-20-31)44-46-43(34-14-5-2-6-15-34)47-45(48-44)36-25-21-33(22-26-36)42-39-18-10-8-16-37(39)29-41-38-17-9-7-13-32(38)27-28-40(41)42/h1-29H/i1D,2D,3D,4D,5D,6D,11D,12D,14D,15D,19D,20D,23D,24D. The zero-order valence-corrected chi connectivity index (χ0v) is 25.0. The largest absolute Gasteiger partial charge is 0.208 e. The molecular formula is C45H29N3. The van der Waals surface area contributed by atoms with Crippen molar-refractivity contribution >= 4 is 32.3 Å². The van der Waals surface area contributed by atoms with E-state index in [0.29, 0.717) is 5.56 Å². The molecule has 1 aromatic heterocycles. The van der Waals surface area contributed by atoms with Gasteiger partial charge in [0.05, 0.1) is 19.2 Å². The molecule has 0 atom stereocenters. The van der Waals surface area contributed by atoms with Crippen molar-refractivity contribution < 1.29 is 19.2 Å². The number of benzene rings is 8. The van der Waals surface area contributed by atoms with Crippen LogP contribution in [0.15, 0.2) is 176 Å². The fraction of sp³-hybridized carbons (Fsp3) is 0. The maximum absolute atomic E-state index is 9.08. The van der Waals surface area contributed by atoms with Crippen LogP contribution in [0.3, 0.4) is 0 Å². The summed E-state index contributed by atoms with van der Waals surface area (Å²) in [5.74, 6) is -0.911. The van der Waals surface area contributed by atoms with Crippen LogP contribution in [0.5, 0.6) is 0 Å². The molecule has 1 heterocycles. The second-order valence-electron chi connectivity index (χ2n) is 11.0. The second-order valence-corrected chi connectivity index (χ2v) is 11.0. The Morgan fingerprint density at radius 1 is 0.333 bits per heavy atom. The maximum atomic E-state index is 9.08. The van der Waals surface area contributed by atoms with Crippen molar-refractivity contribution in [2.45, 2.75) is 0 Å². The first-order valence-corrected chi connectivity index (χ1v) is 15.1. The number of hydrogen-bond acceptors (Lipinski definition) is 3. The summed E-state index contributed by atoms with van der Waals surface area (Å²) in [6.45, 7) is 0. The normalized spacial score (nSPS) is 15.4. The van der Waals surface area contributed by atoms with Gasteiger partial charge in [-0.3, -0.25) is 0 Å². The highest BCUT2D eigenvalue weighted by atomic mass is 15.0. The van der Waals surface area contributed by atoms with Gasteiger partial charge in [-0.15, -0.1) is 0 Å². The Morgan fingerprint density at radius 2 is 0.833 bits per heavy atom. The summed E-state index contributed by atoms with van der Waals surface area (Å²) < 4.78 is 120. The Bertz CT molecular complexity index is 3320. The number of hydrogen-bond donors (Lipinski definition) is 0. The molecule has 0 fully saturated rings. The molecule has 0 aliphatic rings. The van der Waals surface area contributed by atoms with E-state index in [0.717, 1.165) is 43.4 Å². The summed E-state index contributed by atoms with van der Waals surface area (Å²) >= 11 is 0. The molecule has 0 aliphatic carbocycles. The number of rotatable bonds is 5. The van der Waals surface area contributed by atoms with E-state index in [9.17, 15) is 0 Å². The molecule has 0 N–H and O–H groups in total. The summed E-state index contributed by atoms with van der Waals surface area (Å²) in [5, 5.41) is 6.35. The van der Waals surface area contributed by atoms with Crippen LogP contribution in [-0.2, 0) is 0 Å². The van der Waals surface area contributed by atoms with Crippen molar-refractivity contribution in [1.82, 2.24) is 15.0 Å². The van der Waals surface area contributed by atoms with E-state index >= 15 is 0 Å². The van der Waals surface area contributed by atoms with Crippen LogP contribution in [-0.4, -0.2) is 15.0 Å². The van der Waals surface area contributed by atoms with E-state index in [-0.39, 0.29) is 5.82 Å². The average Bonchev–Trinajstić information content (AvgIpc) is 3.28. The first kappa shape index (κ1) is 16.9. The van der Waals surface area contributed by atoms with Gasteiger partial charge in [-0.1, -0.05) is 170 Å². The quantitative estimate of drug-likeness (QED) is 0.141. The van der Waals surface area contributed by atoms with E-state index in [4.69, 9.17) is 19.2 Å². The highest BCUT2D eigenvalue weighted by Crippen LogP contribution is 2.40. The van der Waals surface area contributed by atoms with Crippen molar-refractivity contribution in [2.75, 3.05) is 0 Å². The summed E-state index contributed by atoms with van der Waals surface area (Å²) in [4.78, 5) is 13.6. The molecule has 9 aromatic rings. The molecule has 8 aromatic carbocycles. The minimum absolute atomic E-state index is 0.0799. The second kappa shape index (κ2) is 11.7. The molecule has 9 rings (SSSR count). The molecule has 0 spiro atoms. The number of fused-ring (bicyclic) bond motifs is 4. The van der Waals surface area contributed by atoms with Gasteiger partial charge in [0.1, 0.15) is 0 Å². The molecule has 0 saturated carbocycles. The molecule has 0 bridgehead atoms. The summed E-state index contributed by atoms with van der Waals surface area (Å²) in [5.41, 5.74) is 0.306. The van der Waals surface area contributed by atoms with Gasteiger partial charge in [0.25, 0.3) is 0 Å². The lowest BCUT2D eigenvalue weighted by Crippen LogP contribution is -2.00. The lowest BCUT2D eigenvalue weighted by Gasteiger charge is -2.14. The van der Waals surface area contributed by atoms with Gasteiger partial charge in [0.2, 0.25) is 0 Å². The molecule has 3 nitrogen and oxygen atoms in total. The predicted octanol–water partition coefficient (Wildman–Crippen LogP) is 11.7. The van der Waals surface area contributed by atoms with Crippen LogP contribution >= 0.6 is 0 Å². The SMILES string of the molecule is [2H]c1c([2H])c([2H])c(-c2nc(-c3ccc(-c4c5ccccc5cc5c4ccc4ccccc45)cc3)nc(-c3c([2H])c([2H])c(-c4c([2H])c([2H])c([2H])c([2H])c4[2H])c([2H])c3[2H])n2)c([2H])c1[2H]. The minimum atomic E-state index is -0.745. The van der Waals surface area contributed by atoms with Gasteiger partial charge < -0.3 is 0 Å². The molecular weight excluding hydrogens is 583 g/mol. The third kappa shape index (κ3) is 4.99. The van der Waals surface area contributed by atoms with E-state index < -0.39 is 118 Å². The van der Waals surface area contributed by atoms with Gasteiger partial charge in [-0.05, 0) is 60.6 Å². The molecule has 0 saturated heterocycles. The smallest absolute Gasteiger partial charge is 0.164 e. The number of nitrogens with zero attached hydrogens (tertiary/aromatic N) is 3. The molecule has 224 valence electrons. The molecule has 48 heavy (non-hydrogen) atoms. The van der Waals surface area contributed by atoms with Crippen molar-refractivity contribution in [3.8, 4) is 56.4 Å². The molecule has 0 unspecified atom stereocenters. The van der Waals surface area contributed by atoms with Crippen LogP contribution in [0.2, 0.25) is 0 Å². The fourth-order valence-corrected chi connectivity index (χ4v) is 5.93. The summed E-state index contributed by atoms with van der Waals surface area (Å²) in [6.07, 6.45) is 0. The summed E-state index contributed by atoms with van der Waals surface area (Å²) in [6, 6.07) is 20.1.